The first-order valence-corrected chi connectivity index (χ1v) is 7.00. The van der Waals surface area contributed by atoms with Crippen LogP contribution < -0.4 is 10.2 Å². The molecule has 0 saturated heterocycles. The van der Waals surface area contributed by atoms with Gasteiger partial charge in [0.2, 0.25) is 0 Å². The maximum Gasteiger partial charge on any atom is 0.0606 e. The highest BCUT2D eigenvalue weighted by atomic mass is 35.5. The van der Waals surface area contributed by atoms with E-state index in [0.717, 1.165) is 18.1 Å². The van der Waals surface area contributed by atoms with E-state index in [1.165, 1.54) is 24.1 Å². The highest BCUT2D eigenvalue weighted by Gasteiger charge is 2.29. The van der Waals surface area contributed by atoms with Crippen LogP contribution in [-0.4, -0.2) is 30.8 Å². The van der Waals surface area contributed by atoms with Gasteiger partial charge in [-0.1, -0.05) is 18.5 Å². The minimum atomic E-state index is 0.194. The van der Waals surface area contributed by atoms with E-state index in [1.54, 1.807) is 0 Å². The van der Waals surface area contributed by atoms with E-state index < -0.39 is 0 Å². The van der Waals surface area contributed by atoms with E-state index in [0.29, 0.717) is 12.6 Å². The van der Waals surface area contributed by atoms with E-state index in [9.17, 15) is 5.11 Å². The molecule has 2 rings (SSSR count). The summed E-state index contributed by atoms with van der Waals surface area (Å²) in [5.74, 6) is 0. The van der Waals surface area contributed by atoms with Crippen LogP contribution in [-0.2, 0) is 6.54 Å². The van der Waals surface area contributed by atoms with Gasteiger partial charge < -0.3 is 15.3 Å². The Balaban J connectivity index is 2.22. The van der Waals surface area contributed by atoms with Crippen LogP contribution >= 0.6 is 11.6 Å². The van der Waals surface area contributed by atoms with E-state index in [4.69, 9.17) is 11.6 Å². The summed E-state index contributed by atoms with van der Waals surface area (Å²) in [6, 6.07) is 6.62. The van der Waals surface area contributed by atoms with Gasteiger partial charge >= 0.3 is 0 Å². The molecule has 4 heteroatoms. The molecule has 1 saturated carbocycles. The Morgan fingerprint density at radius 1 is 1.44 bits per heavy atom. The van der Waals surface area contributed by atoms with Gasteiger partial charge in [-0.25, -0.2) is 0 Å². The van der Waals surface area contributed by atoms with Crippen LogP contribution in [0.2, 0.25) is 5.02 Å². The smallest absolute Gasteiger partial charge is 0.0606 e. The molecule has 1 aromatic rings. The van der Waals surface area contributed by atoms with Crippen LogP contribution in [0.1, 0.15) is 25.3 Å². The van der Waals surface area contributed by atoms with Crippen molar-refractivity contribution in [2.24, 2.45) is 0 Å². The van der Waals surface area contributed by atoms with E-state index in [2.05, 4.69) is 23.2 Å². The average molecular weight is 269 g/mol. The van der Waals surface area contributed by atoms with Crippen LogP contribution in [0, 0.1) is 0 Å². The average Bonchev–Trinajstić information content (AvgIpc) is 3.18. The van der Waals surface area contributed by atoms with Crippen molar-refractivity contribution < 1.29 is 5.11 Å². The van der Waals surface area contributed by atoms with Gasteiger partial charge in [0.05, 0.1) is 6.61 Å². The molecule has 0 amide bonds. The van der Waals surface area contributed by atoms with Gasteiger partial charge in [-0.3, -0.25) is 0 Å². The second-order valence-corrected chi connectivity index (χ2v) is 5.14. The van der Waals surface area contributed by atoms with Gasteiger partial charge in [0, 0.05) is 29.8 Å². The monoisotopic (exact) mass is 268 g/mol. The highest BCUT2D eigenvalue weighted by molar-refractivity contribution is 6.30. The summed E-state index contributed by atoms with van der Waals surface area (Å²) < 4.78 is 0. The van der Waals surface area contributed by atoms with Crippen LogP contribution in [0.25, 0.3) is 0 Å². The molecule has 18 heavy (non-hydrogen) atoms. The largest absolute Gasteiger partial charge is 0.395 e. The molecule has 0 radical (unpaired) electrons. The molecule has 0 atom stereocenters. The van der Waals surface area contributed by atoms with Crippen molar-refractivity contribution in [2.75, 3.05) is 24.6 Å². The molecule has 1 aromatic carbocycles. The molecular weight excluding hydrogens is 248 g/mol. The first-order chi connectivity index (χ1) is 8.76. The number of anilines is 1. The van der Waals surface area contributed by atoms with Crippen molar-refractivity contribution in [3.05, 3.63) is 28.8 Å². The lowest BCUT2D eigenvalue weighted by Crippen LogP contribution is -2.30. The Kier molecular flexibility index (Phi) is 4.87. The molecule has 0 spiro atoms. The lowest BCUT2D eigenvalue weighted by molar-refractivity contribution is 0.301. The summed E-state index contributed by atoms with van der Waals surface area (Å²) >= 11 is 6.08. The number of nitrogens with zero attached hydrogens (tertiary/aromatic N) is 1. The van der Waals surface area contributed by atoms with Crippen LogP contribution in [0.5, 0.6) is 0 Å². The maximum absolute atomic E-state index is 9.21. The fourth-order valence-corrected chi connectivity index (χ4v) is 2.42. The Morgan fingerprint density at radius 2 is 2.22 bits per heavy atom. The lowest BCUT2D eigenvalue weighted by Gasteiger charge is -2.26. The van der Waals surface area contributed by atoms with E-state index in [-0.39, 0.29) is 6.61 Å². The van der Waals surface area contributed by atoms with Crippen molar-refractivity contribution in [2.45, 2.75) is 32.4 Å². The van der Waals surface area contributed by atoms with Gasteiger partial charge in [-0.05, 0) is 43.1 Å². The highest BCUT2D eigenvalue weighted by Crippen LogP contribution is 2.34. The Bertz CT molecular complexity index is 393. The normalized spacial score (nSPS) is 14.8. The number of halogens is 1. The van der Waals surface area contributed by atoms with Crippen molar-refractivity contribution in [3.63, 3.8) is 0 Å². The summed E-state index contributed by atoms with van der Waals surface area (Å²) in [6.45, 7) is 4.75. The third-order valence-electron chi connectivity index (χ3n) is 3.24. The standard InChI is InChI=1S/C14H21ClN2O/c1-2-16-10-11-9-12(15)3-6-14(11)17(7-8-18)13-4-5-13/h3,6,9,13,16,18H,2,4-5,7-8,10H2,1H3. The molecule has 0 aliphatic heterocycles. The van der Waals surface area contributed by atoms with Gasteiger partial charge in [0.25, 0.3) is 0 Å². The fraction of sp³-hybridized carbons (Fsp3) is 0.571. The second kappa shape index (κ2) is 6.41. The van der Waals surface area contributed by atoms with Crippen LogP contribution in [0.4, 0.5) is 5.69 Å². The first kappa shape index (κ1) is 13.7. The summed E-state index contributed by atoms with van der Waals surface area (Å²) in [5, 5.41) is 13.3. The number of benzene rings is 1. The van der Waals surface area contributed by atoms with E-state index >= 15 is 0 Å². The Hall–Kier alpha value is -0.770. The van der Waals surface area contributed by atoms with Crippen molar-refractivity contribution in [1.82, 2.24) is 5.32 Å². The minimum Gasteiger partial charge on any atom is -0.395 e. The molecule has 0 unspecified atom stereocenters. The number of aliphatic hydroxyl groups is 1. The molecule has 0 aromatic heterocycles. The molecule has 2 N–H and O–H groups in total. The molecule has 1 aliphatic carbocycles. The predicted octanol–water partition coefficient (Wildman–Crippen LogP) is 2.41. The number of hydrogen-bond donors (Lipinski definition) is 2. The number of rotatable bonds is 7. The third-order valence-corrected chi connectivity index (χ3v) is 3.48. The zero-order valence-corrected chi connectivity index (χ0v) is 11.6. The summed E-state index contributed by atoms with van der Waals surface area (Å²) in [6.07, 6.45) is 2.45. The fourth-order valence-electron chi connectivity index (χ4n) is 2.23. The van der Waals surface area contributed by atoms with Gasteiger partial charge in [0.1, 0.15) is 0 Å². The summed E-state index contributed by atoms with van der Waals surface area (Å²) in [5.41, 5.74) is 2.42. The topological polar surface area (TPSA) is 35.5 Å². The van der Waals surface area contributed by atoms with Crippen LogP contribution in [0.15, 0.2) is 18.2 Å². The first-order valence-electron chi connectivity index (χ1n) is 6.63. The number of nitrogens with one attached hydrogen (secondary N) is 1. The van der Waals surface area contributed by atoms with Crippen molar-refractivity contribution in [3.8, 4) is 0 Å². The summed E-state index contributed by atoms with van der Waals surface area (Å²) in [4.78, 5) is 2.31. The van der Waals surface area contributed by atoms with Crippen molar-refractivity contribution >= 4 is 17.3 Å². The molecule has 3 nitrogen and oxygen atoms in total. The molecule has 100 valence electrons. The molecule has 0 heterocycles. The Labute approximate surface area is 114 Å². The number of aliphatic hydroxyl groups excluding tert-OH is 1. The lowest BCUT2D eigenvalue weighted by atomic mass is 10.1. The maximum atomic E-state index is 9.21. The number of hydrogen-bond acceptors (Lipinski definition) is 3. The molecule has 1 aliphatic rings. The van der Waals surface area contributed by atoms with Crippen LogP contribution in [0.3, 0.4) is 0 Å². The van der Waals surface area contributed by atoms with Gasteiger partial charge in [-0.15, -0.1) is 0 Å². The summed E-state index contributed by atoms with van der Waals surface area (Å²) in [7, 11) is 0. The van der Waals surface area contributed by atoms with Gasteiger partial charge in [0.15, 0.2) is 0 Å². The SMILES string of the molecule is CCNCc1cc(Cl)ccc1N(CCO)C1CC1. The second-order valence-electron chi connectivity index (χ2n) is 4.70. The van der Waals surface area contributed by atoms with E-state index in [1.807, 2.05) is 12.1 Å². The zero-order valence-electron chi connectivity index (χ0n) is 10.8. The van der Waals surface area contributed by atoms with Crippen molar-refractivity contribution in [1.29, 1.82) is 0 Å². The Morgan fingerprint density at radius 3 is 2.83 bits per heavy atom. The zero-order chi connectivity index (χ0) is 13.0. The van der Waals surface area contributed by atoms with Gasteiger partial charge in [-0.2, -0.15) is 0 Å². The predicted molar refractivity (Wildman–Crippen MR) is 76.3 cm³/mol. The molecular formula is C14H21ClN2O. The molecule has 0 bridgehead atoms. The quantitative estimate of drug-likeness (QED) is 0.797. The third kappa shape index (κ3) is 3.37. The molecule has 1 fully saturated rings. The minimum absolute atomic E-state index is 0.194.